The van der Waals surface area contributed by atoms with Gasteiger partial charge in [0.05, 0.1) is 11.6 Å². The number of rotatable bonds is 3. The summed E-state index contributed by atoms with van der Waals surface area (Å²) in [4.78, 5) is 12.2. The van der Waals surface area contributed by atoms with E-state index in [1.165, 1.54) is 19.3 Å². The lowest BCUT2D eigenvalue weighted by atomic mass is 9.84. The molecule has 2 aliphatic rings. The van der Waals surface area contributed by atoms with Crippen LogP contribution in [0.2, 0.25) is 0 Å². The molecule has 0 aliphatic carbocycles. The van der Waals surface area contributed by atoms with E-state index in [0.717, 1.165) is 11.1 Å². The van der Waals surface area contributed by atoms with E-state index in [1.54, 1.807) is 0 Å². The zero-order chi connectivity index (χ0) is 14.4. The minimum absolute atomic E-state index is 0.00386. The Balaban J connectivity index is 1.63. The highest BCUT2D eigenvalue weighted by molar-refractivity contribution is 5.61. The second-order valence-corrected chi connectivity index (χ2v) is 6.44. The first-order valence-electron chi connectivity index (χ1n) is 7.85. The number of nitrogens with one attached hydrogen (secondary N) is 2. The van der Waals surface area contributed by atoms with Crippen molar-refractivity contribution in [1.82, 2.24) is 15.1 Å². The minimum Gasteiger partial charge on any atom is -0.311 e. The highest BCUT2D eigenvalue weighted by atomic mass is 16.1. The molecule has 2 aromatic rings. The standard InChI is InChI=1S/C17H21N3O/c1-11(14-9-13-7-8-16(14)18-13)20-10-15(17(21)19-20)12-5-3-2-4-6-12/h2-6,10-11,13-14,16,18H,7-9H2,1H3,(H,19,21). The van der Waals surface area contributed by atoms with Gasteiger partial charge in [-0.1, -0.05) is 30.3 Å². The lowest BCUT2D eigenvalue weighted by molar-refractivity contribution is 0.274. The molecule has 4 rings (SSSR count). The fourth-order valence-corrected chi connectivity index (χ4v) is 4.06. The summed E-state index contributed by atoms with van der Waals surface area (Å²) in [7, 11) is 0. The van der Waals surface area contributed by atoms with Crippen molar-refractivity contribution in [3.63, 3.8) is 0 Å². The lowest BCUT2D eigenvalue weighted by Crippen LogP contribution is -2.29. The summed E-state index contributed by atoms with van der Waals surface area (Å²) >= 11 is 0. The van der Waals surface area contributed by atoms with Gasteiger partial charge in [-0.2, -0.15) is 0 Å². The van der Waals surface area contributed by atoms with Crippen molar-refractivity contribution in [2.75, 3.05) is 0 Å². The van der Waals surface area contributed by atoms with Gasteiger partial charge in [0.15, 0.2) is 0 Å². The molecule has 2 saturated heterocycles. The number of fused-ring (bicyclic) bond motifs is 2. The van der Waals surface area contributed by atoms with Crippen molar-refractivity contribution in [3.8, 4) is 11.1 Å². The molecule has 1 aromatic heterocycles. The fourth-order valence-electron chi connectivity index (χ4n) is 4.06. The summed E-state index contributed by atoms with van der Waals surface area (Å²) < 4.78 is 2.01. The predicted octanol–water partition coefficient (Wildman–Crippen LogP) is 2.54. The van der Waals surface area contributed by atoms with Crippen LogP contribution in [-0.2, 0) is 0 Å². The van der Waals surface area contributed by atoms with Crippen molar-refractivity contribution in [3.05, 3.63) is 46.9 Å². The number of hydrogen-bond acceptors (Lipinski definition) is 2. The van der Waals surface area contributed by atoms with E-state index >= 15 is 0 Å². The average Bonchev–Trinajstić information content (AvgIpc) is 3.22. The number of aromatic nitrogens is 2. The molecule has 110 valence electrons. The van der Waals surface area contributed by atoms with Gasteiger partial charge in [-0.3, -0.25) is 14.6 Å². The number of hydrogen-bond donors (Lipinski definition) is 2. The molecule has 2 fully saturated rings. The molecule has 2 N–H and O–H groups in total. The molecule has 21 heavy (non-hydrogen) atoms. The maximum atomic E-state index is 12.2. The number of nitrogens with zero attached hydrogens (tertiary/aromatic N) is 1. The Hall–Kier alpha value is -1.81. The normalized spacial score (nSPS) is 28.9. The van der Waals surface area contributed by atoms with Crippen LogP contribution in [0, 0.1) is 5.92 Å². The van der Waals surface area contributed by atoms with Crippen molar-refractivity contribution in [2.45, 2.75) is 44.3 Å². The van der Waals surface area contributed by atoms with E-state index in [9.17, 15) is 4.79 Å². The second-order valence-electron chi connectivity index (χ2n) is 6.44. The number of aromatic amines is 1. The highest BCUT2D eigenvalue weighted by Gasteiger charge is 2.42. The van der Waals surface area contributed by atoms with Gasteiger partial charge >= 0.3 is 0 Å². The molecule has 4 heteroatoms. The van der Waals surface area contributed by atoms with E-state index in [0.29, 0.717) is 24.0 Å². The summed E-state index contributed by atoms with van der Waals surface area (Å²) in [5.74, 6) is 0.621. The molecular weight excluding hydrogens is 262 g/mol. The molecule has 4 atom stereocenters. The van der Waals surface area contributed by atoms with Gasteiger partial charge in [-0.15, -0.1) is 0 Å². The third-order valence-corrected chi connectivity index (χ3v) is 5.24. The maximum Gasteiger partial charge on any atom is 0.271 e. The van der Waals surface area contributed by atoms with E-state index in [-0.39, 0.29) is 5.56 Å². The summed E-state index contributed by atoms with van der Waals surface area (Å²) in [6, 6.07) is 11.5. The first-order valence-corrected chi connectivity index (χ1v) is 7.85. The Labute approximate surface area is 124 Å². The monoisotopic (exact) mass is 283 g/mol. The minimum atomic E-state index is 0.00386. The Morgan fingerprint density at radius 1 is 1.24 bits per heavy atom. The largest absolute Gasteiger partial charge is 0.311 e. The Morgan fingerprint density at radius 2 is 2.05 bits per heavy atom. The summed E-state index contributed by atoms with van der Waals surface area (Å²) in [6.45, 7) is 2.22. The van der Waals surface area contributed by atoms with Crippen molar-refractivity contribution >= 4 is 0 Å². The van der Waals surface area contributed by atoms with Gasteiger partial charge in [0.1, 0.15) is 0 Å². The zero-order valence-corrected chi connectivity index (χ0v) is 12.3. The lowest BCUT2D eigenvalue weighted by Gasteiger charge is -2.27. The Kier molecular flexibility index (Phi) is 3.00. The quantitative estimate of drug-likeness (QED) is 0.909. The number of H-pyrrole nitrogens is 1. The first kappa shape index (κ1) is 12.9. The van der Waals surface area contributed by atoms with E-state index in [1.807, 2.05) is 41.2 Å². The van der Waals surface area contributed by atoms with Crippen molar-refractivity contribution < 1.29 is 0 Å². The van der Waals surface area contributed by atoms with Gasteiger partial charge in [-0.05, 0) is 37.7 Å². The van der Waals surface area contributed by atoms with Crippen LogP contribution in [0.5, 0.6) is 0 Å². The van der Waals surface area contributed by atoms with Gasteiger partial charge in [-0.25, -0.2) is 0 Å². The molecule has 0 spiro atoms. The molecule has 0 radical (unpaired) electrons. The van der Waals surface area contributed by atoms with Crippen molar-refractivity contribution in [2.24, 2.45) is 5.92 Å². The van der Waals surface area contributed by atoms with Crippen LogP contribution in [0.3, 0.4) is 0 Å². The van der Waals surface area contributed by atoms with E-state index in [2.05, 4.69) is 17.3 Å². The van der Waals surface area contributed by atoms with Gasteiger partial charge in [0.2, 0.25) is 0 Å². The third kappa shape index (κ3) is 2.14. The highest BCUT2D eigenvalue weighted by Crippen LogP contribution is 2.39. The topological polar surface area (TPSA) is 49.8 Å². The smallest absolute Gasteiger partial charge is 0.271 e. The van der Waals surface area contributed by atoms with Crippen LogP contribution in [0.15, 0.2) is 41.3 Å². The summed E-state index contributed by atoms with van der Waals surface area (Å²) in [5.41, 5.74) is 1.75. The molecule has 1 aromatic carbocycles. The molecule has 4 unspecified atom stereocenters. The molecule has 0 saturated carbocycles. The molecule has 4 nitrogen and oxygen atoms in total. The second kappa shape index (κ2) is 4.88. The van der Waals surface area contributed by atoms with Crippen LogP contribution in [-0.4, -0.2) is 21.9 Å². The number of benzene rings is 1. The predicted molar refractivity (Wildman–Crippen MR) is 83.3 cm³/mol. The molecule has 2 bridgehead atoms. The molecular formula is C17H21N3O. The van der Waals surface area contributed by atoms with Crippen LogP contribution in [0.1, 0.15) is 32.2 Å². The summed E-state index contributed by atoms with van der Waals surface area (Å²) in [5, 5.41) is 6.69. The first-order chi connectivity index (χ1) is 10.2. The Bertz CT molecular complexity index is 688. The van der Waals surface area contributed by atoms with Gasteiger partial charge in [0, 0.05) is 18.3 Å². The molecule has 2 aliphatic heterocycles. The van der Waals surface area contributed by atoms with Crippen LogP contribution in [0.4, 0.5) is 0 Å². The van der Waals surface area contributed by atoms with E-state index < -0.39 is 0 Å². The molecule has 0 amide bonds. The fraction of sp³-hybridized carbons (Fsp3) is 0.471. The van der Waals surface area contributed by atoms with Gasteiger partial charge in [0.25, 0.3) is 5.56 Å². The maximum absolute atomic E-state index is 12.2. The van der Waals surface area contributed by atoms with Crippen LogP contribution in [0.25, 0.3) is 11.1 Å². The van der Waals surface area contributed by atoms with E-state index in [4.69, 9.17) is 0 Å². The third-order valence-electron chi connectivity index (χ3n) is 5.24. The van der Waals surface area contributed by atoms with Crippen LogP contribution < -0.4 is 10.9 Å². The Morgan fingerprint density at radius 3 is 2.71 bits per heavy atom. The zero-order valence-electron chi connectivity index (χ0n) is 12.3. The SMILES string of the molecule is CC(C1CC2CCC1N2)n1cc(-c2ccccc2)c(=O)[nH]1. The van der Waals surface area contributed by atoms with Crippen molar-refractivity contribution in [1.29, 1.82) is 0 Å². The molecule has 3 heterocycles. The van der Waals surface area contributed by atoms with Crippen LogP contribution >= 0.6 is 0 Å². The average molecular weight is 283 g/mol. The summed E-state index contributed by atoms with van der Waals surface area (Å²) in [6.07, 6.45) is 5.79. The van der Waals surface area contributed by atoms with Gasteiger partial charge < -0.3 is 5.32 Å².